The minimum absolute atomic E-state index is 0. The first kappa shape index (κ1) is 28.4. The number of hydrogen-bond donors (Lipinski definition) is 0. The average Bonchev–Trinajstić information content (AvgIpc) is 0. The molecular weight excluding hydrogens is 426 g/mol. The molecule has 0 aromatic carbocycles. The maximum Gasteiger partial charge on any atom is 0 e. The Labute approximate surface area is 95.3 Å². The maximum absolute atomic E-state index is 0. The van der Waals surface area contributed by atoms with E-state index in [-0.39, 0.29) is 97.6 Å². The van der Waals surface area contributed by atoms with Crippen LogP contribution in [0.1, 0.15) is 0 Å². The van der Waals surface area contributed by atoms with Crippen LogP contribution in [-0.4, -0.2) is 80.6 Å². The third-order valence-electron chi connectivity index (χ3n) is 0. The van der Waals surface area contributed by atoms with E-state index in [1.54, 1.807) is 0 Å². The standard InChI is InChI=1S/Ba.Bi.Cu.H2O.5H/h;;;1H2;;;;;. The van der Waals surface area contributed by atoms with Crippen LogP contribution in [0.2, 0.25) is 0 Å². The Kier molecular flexibility index (Phi) is 119. The van der Waals surface area contributed by atoms with E-state index in [9.17, 15) is 0 Å². The fraction of sp³-hybridized carbons (Fsp3) is 0. The zero-order chi connectivity index (χ0) is 0. The van der Waals surface area contributed by atoms with Gasteiger partial charge in [-0.2, -0.15) is 0 Å². The van der Waals surface area contributed by atoms with Gasteiger partial charge in [0.05, 0.1) is 0 Å². The van der Waals surface area contributed by atoms with Crippen molar-refractivity contribution >= 4 is 75.1 Å². The summed E-state index contributed by atoms with van der Waals surface area (Å²) in [6.45, 7) is 0. The molecule has 0 fully saturated rings. The summed E-state index contributed by atoms with van der Waals surface area (Å²) < 4.78 is 0. The minimum atomic E-state index is 0. The first-order chi connectivity index (χ1) is 0. The molecule has 0 spiro atoms. The molecule has 1 radical (unpaired) electrons. The van der Waals surface area contributed by atoms with Gasteiger partial charge in [0.2, 0.25) is 0 Å². The van der Waals surface area contributed by atoms with Gasteiger partial charge in [0.25, 0.3) is 0 Å². The molecule has 0 saturated heterocycles. The average molecular weight is 433 g/mol. The molecule has 1 nitrogen and oxygen atoms in total. The molecule has 0 aromatic heterocycles. The van der Waals surface area contributed by atoms with E-state index in [0.29, 0.717) is 0 Å². The minimum Gasteiger partial charge on any atom is 0 e. The normalized spacial score (nSPS) is 0. The fourth-order valence-corrected chi connectivity index (χ4v) is 0. The Bertz CT molecular complexity index is 8.00. The van der Waals surface area contributed by atoms with Crippen LogP contribution in [0, 0.1) is 0 Å². The molecule has 4 heteroatoms. The molecule has 4 heavy (non-hydrogen) atoms. The molecule has 0 saturated carbocycles. The van der Waals surface area contributed by atoms with Crippen LogP contribution in [0.3, 0.4) is 0 Å². The first-order valence-corrected chi connectivity index (χ1v) is 0. The summed E-state index contributed by atoms with van der Waals surface area (Å²) in [6.07, 6.45) is 0. The van der Waals surface area contributed by atoms with Gasteiger partial charge in [-0.15, -0.1) is 0 Å². The Morgan fingerprint density at radius 1 is 1.00 bits per heavy atom. The topological polar surface area (TPSA) is 31.5 Å². The Hall–Kier alpha value is 2.93. The van der Waals surface area contributed by atoms with Crippen molar-refractivity contribution in [3.8, 4) is 0 Å². The fourth-order valence-electron chi connectivity index (χ4n) is 0. The smallest absolute Gasteiger partial charge is 0 e. The van der Waals surface area contributed by atoms with Crippen molar-refractivity contribution in [3.05, 3.63) is 0 Å². The third kappa shape index (κ3) is 8.87. The van der Waals surface area contributed by atoms with E-state index in [4.69, 9.17) is 0 Å². The zero-order valence-electron chi connectivity index (χ0n) is 1.51. The van der Waals surface area contributed by atoms with Crippen molar-refractivity contribution in [3.63, 3.8) is 0 Å². The van der Waals surface area contributed by atoms with E-state index in [0.717, 1.165) is 0 Å². The predicted molar refractivity (Wildman–Crippen MR) is 22.1 cm³/mol. The molecule has 0 aliphatic carbocycles. The van der Waals surface area contributed by atoms with Gasteiger partial charge in [0, 0.05) is 17.1 Å². The Morgan fingerprint density at radius 2 is 1.00 bits per heavy atom. The summed E-state index contributed by atoms with van der Waals surface area (Å²) in [6, 6.07) is 0. The van der Waals surface area contributed by atoms with E-state index in [2.05, 4.69) is 0 Å². The van der Waals surface area contributed by atoms with Crippen LogP contribution in [0.25, 0.3) is 0 Å². The zero-order valence-corrected chi connectivity index (χ0v) is 7.95. The van der Waals surface area contributed by atoms with Gasteiger partial charge in [-0.1, -0.05) is 0 Å². The van der Waals surface area contributed by atoms with Crippen LogP contribution in [-0.2, 0) is 17.1 Å². The van der Waals surface area contributed by atoms with Gasteiger partial charge in [0.1, 0.15) is 0 Å². The quantitative estimate of drug-likeness (QED) is 0.367. The largest absolute Gasteiger partial charge is 0 e. The van der Waals surface area contributed by atoms with Crippen molar-refractivity contribution in [1.29, 1.82) is 0 Å². The van der Waals surface area contributed by atoms with Crippen LogP contribution >= 0.6 is 0 Å². The molecule has 2 N–H and O–H groups in total. The summed E-state index contributed by atoms with van der Waals surface area (Å²) in [5, 5.41) is 0. The molecule has 0 atom stereocenters. The molecule has 0 amide bonds. The monoisotopic (exact) mass is 433 g/mol. The Balaban J connectivity index is 0. The summed E-state index contributed by atoms with van der Waals surface area (Å²) in [7, 11) is 0. The molecular formula is H7BaBiCuO. The van der Waals surface area contributed by atoms with Crippen LogP contribution in [0.15, 0.2) is 0 Å². The Morgan fingerprint density at radius 3 is 1.00 bits per heavy atom. The second-order valence-electron chi connectivity index (χ2n) is 0. The van der Waals surface area contributed by atoms with Crippen molar-refractivity contribution in [2.75, 3.05) is 0 Å². The van der Waals surface area contributed by atoms with Crippen molar-refractivity contribution in [2.45, 2.75) is 0 Å². The molecule has 31 valence electrons. The van der Waals surface area contributed by atoms with E-state index in [1.165, 1.54) is 0 Å². The number of hydrogen-bond acceptors (Lipinski definition) is 0. The van der Waals surface area contributed by atoms with Crippen LogP contribution in [0.4, 0.5) is 0 Å². The van der Waals surface area contributed by atoms with Crippen LogP contribution in [0.5, 0.6) is 0 Å². The maximum atomic E-state index is 0. The van der Waals surface area contributed by atoms with Gasteiger partial charge >= 0.3 is 75.1 Å². The number of rotatable bonds is 0. The van der Waals surface area contributed by atoms with E-state index < -0.39 is 0 Å². The molecule has 0 rings (SSSR count). The van der Waals surface area contributed by atoms with E-state index in [1.807, 2.05) is 0 Å². The summed E-state index contributed by atoms with van der Waals surface area (Å²) >= 11 is 0. The van der Waals surface area contributed by atoms with Crippen LogP contribution < -0.4 is 0 Å². The summed E-state index contributed by atoms with van der Waals surface area (Å²) in [4.78, 5) is 0. The predicted octanol–water partition coefficient (Wildman–Crippen LogP) is -2.93. The third-order valence-corrected chi connectivity index (χ3v) is 0. The molecule has 0 aromatic rings. The molecule has 0 aliphatic heterocycles. The van der Waals surface area contributed by atoms with Gasteiger partial charge in [0.15, 0.2) is 0 Å². The molecule has 0 heterocycles. The van der Waals surface area contributed by atoms with Gasteiger partial charge < -0.3 is 5.48 Å². The molecule has 0 bridgehead atoms. The second-order valence-corrected chi connectivity index (χ2v) is 0. The van der Waals surface area contributed by atoms with Crippen molar-refractivity contribution in [1.82, 2.24) is 0 Å². The first-order valence-electron chi connectivity index (χ1n) is 0. The van der Waals surface area contributed by atoms with Crippen molar-refractivity contribution in [2.24, 2.45) is 0 Å². The SMILES string of the molecule is O.[BaH2].[BiH3].[Cu]. The van der Waals surface area contributed by atoms with Gasteiger partial charge in [-0.05, 0) is 0 Å². The summed E-state index contributed by atoms with van der Waals surface area (Å²) in [5.41, 5.74) is 0. The van der Waals surface area contributed by atoms with Gasteiger partial charge in [-0.25, -0.2) is 0 Å². The second kappa shape index (κ2) is 16.8. The molecule has 0 unspecified atom stereocenters. The summed E-state index contributed by atoms with van der Waals surface area (Å²) in [5.74, 6) is 0. The van der Waals surface area contributed by atoms with Crippen molar-refractivity contribution < 1.29 is 22.5 Å². The van der Waals surface area contributed by atoms with Gasteiger partial charge in [-0.3, -0.25) is 0 Å². The molecule has 0 aliphatic rings. The van der Waals surface area contributed by atoms with E-state index >= 15 is 0 Å².